The predicted octanol–water partition coefficient (Wildman–Crippen LogP) is 2.19. The maximum absolute atomic E-state index is 13.3. The molecule has 27 heavy (non-hydrogen) atoms. The van der Waals surface area contributed by atoms with Gasteiger partial charge < -0.3 is 10.2 Å². The molecule has 0 aliphatic carbocycles. The summed E-state index contributed by atoms with van der Waals surface area (Å²) in [7, 11) is 0. The molecular weight excluding hydrogens is 359 g/mol. The zero-order valence-corrected chi connectivity index (χ0v) is 14.6. The lowest BCUT2D eigenvalue weighted by molar-refractivity contribution is -0.159. The SMILES string of the molecule is Cc1cnc2c(N3CC[C@@H]3C(F)(F)F)nc(-c3cnn(C4CNC4)c3)cn12. The first-order valence-corrected chi connectivity index (χ1v) is 8.85. The second kappa shape index (κ2) is 5.69. The van der Waals surface area contributed by atoms with E-state index in [4.69, 9.17) is 0 Å². The summed E-state index contributed by atoms with van der Waals surface area (Å²) in [6.07, 6.45) is 2.86. The number of aromatic nitrogens is 5. The van der Waals surface area contributed by atoms with Crippen LogP contribution < -0.4 is 10.2 Å². The van der Waals surface area contributed by atoms with Gasteiger partial charge in [-0.25, -0.2) is 9.97 Å². The fourth-order valence-corrected chi connectivity index (χ4v) is 3.53. The molecule has 1 N–H and O–H groups in total. The molecule has 3 aromatic rings. The van der Waals surface area contributed by atoms with Crippen LogP contribution in [0, 0.1) is 6.92 Å². The molecule has 5 rings (SSSR count). The van der Waals surface area contributed by atoms with Crippen molar-refractivity contribution in [1.29, 1.82) is 0 Å². The Morgan fingerprint density at radius 1 is 1.19 bits per heavy atom. The molecule has 0 aromatic carbocycles. The molecule has 0 amide bonds. The van der Waals surface area contributed by atoms with Gasteiger partial charge in [0, 0.05) is 49.5 Å². The van der Waals surface area contributed by atoms with Crippen LogP contribution in [0.5, 0.6) is 0 Å². The highest BCUT2D eigenvalue weighted by Gasteiger charge is 2.50. The average Bonchev–Trinajstić information content (AvgIpc) is 3.11. The van der Waals surface area contributed by atoms with Gasteiger partial charge in [0.1, 0.15) is 6.04 Å². The highest BCUT2D eigenvalue weighted by molar-refractivity contribution is 5.71. The van der Waals surface area contributed by atoms with Crippen LogP contribution in [0.25, 0.3) is 16.9 Å². The summed E-state index contributed by atoms with van der Waals surface area (Å²) in [6.45, 7) is 3.91. The molecule has 2 aliphatic heterocycles. The van der Waals surface area contributed by atoms with Crippen molar-refractivity contribution in [2.75, 3.05) is 24.5 Å². The number of anilines is 1. The number of halogens is 3. The maximum Gasteiger partial charge on any atom is 0.408 e. The fourth-order valence-electron chi connectivity index (χ4n) is 3.53. The van der Waals surface area contributed by atoms with Crippen LogP contribution in [0.3, 0.4) is 0 Å². The lowest BCUT2D eigenvalue weighted by Gasteiger charge is -2.42. The number of rotatable bonds is 3. The minimum absolute atomic E-state index is 0.0773. The van der Waals surface area contributed by atoms with Crippen molar-refractivity contribution in [2.24, 2.45) is 0 Å². The van der Waals surface area contributed by atoms with Crippen molar-refractivity contribution in [1.82, 2.24) is 29.5 Å². The molecule has 0 saturated carbocycles. The van der Waals surface area contributed by atoms with E-state index in [1.54, 1.807) is 16.8 Å². The lowest BCUT2D eigenvalue weighted by Crippen LogP contribution is -2.56. The number of hydrogen-bond acceptors (Lipinski definition) is 5. The Kier molecular flexibility index (Phi) is 3.48. The van der Waals surface area contributed by atoms with Gasteiger partial charge in [-0.15, -0.1) is 0 Å². The van der Waals surface area contributed by atoms with E-state index in [-0.39, 0.29) is 12.2 Å². The van der Waals surface area contributed by atoms with E-state index in [1.807, 2.05) is 24.0 Å². The number of fused-ring (bicyclic) bond motifs is 1. The largest absolute Gasteiger partial charge is 0.408 e. The van der Waals surface area contributed by atoms with E-state index in [9.17, 15) is 13.2 Å². The number of nitrogens with zero attached hydrogens (tertiary/aromatic N) is 6. The number of alkyl halides is 3. The van der Waals surface area contributed by atoms with Crippen molar-refractivity contribution < 1.29 is 13.2 Å². The summed E-state index contributed by atoms with van der Waals surface area (Å²) in [6, 6.07) is -1.20. The smallest absolute Gasteiger partial charge is 0.341 e. The second-order valence-corrected chi connectivity index (χ2v) is 7.10. The van der Waals surface area contributed by atoms with Gasteiger partial charge in [-0.2, -0.15) is 18.3 Å². The van der Waals surface area contributed by atoms with E-state index in [2.05, 4.69) is 20.4 Å². The van der Waals surface area contributed by atoms with Crippen LogP contribution in [-0.2, 0) is 0 Å². The maximum atomic E-state index is 13.3. The Hall–Kier alpha value is -2.62. The van der Waals surface area contributed by atoms with Gasteiger partial charge in [0.15, 0.2) is 11.5 Å². The minimum Gasteiger partial charge on any atom is -0.341 e. The van der Waals surface area contributed by atoms with Crippen LogP contribution in [0.15, 0.2) is 24.8 Å². The molecule has 0 bridgehead atoms. The molecule has 142 valence electrons. The summed E-state index contributed by atoms with van der Waals surface area (Å²) in [4.78, 5) is 10.1. The van der Waals surface area contributed by atoms with Crippen LogP contribution in [0.4, 0.5) is 19.0 Å². The highest BCUT2D eigenvalue weighted by Crippen LogP contribution is 2.38. The van der Waals surface area contributed by atoms with Crippen LogP contribution in [0.2, 0.25) is 0 Å². The first-order chi connectivity index (χ1) is 12.9. The molecule has 10 heteroatoms. The number of nitrogens with one attached hydrogen (secondary N) is 1. The third kappa shape index (κ3) is 2.58. The minimum atomic E-state index is -4.28. The molecular formula is C17H18F3N7. The summed E-state index contributed by atoms with van der Waals surface area (Å²) in [5, 5.41) is 7.58. The van der Waals surface area contributed by atoms with Gasteiger partial charge in [0.25, 0.3) is 0 Å². The predicted molar refractivity (Wildman–Crippen MR) is 92.7 cm³/mol. The van der Waals surface area contributed by atoms with Crippen molar-refractivity contribution in [2.45, 2.75) is 31.6 Å². The third-order valence-electron chi connectivity index (χ3n) is 5.36. The topological polar surface area (TPSA) is 63.3 Å². The van der Waals surface area contributed by atoms with E-state index in [1.165, 1.54) is 4.90 Å². The Bertz CT molecular complexity index is 1000. The number of imidazole rings is 1. The third-order valence-corrected chi connectivity index (χ3v) is 5.36. The quantitative estimate of drug-likeness (QED) is 0.758. The molecule has 0 unspecified atom stereocenters. The Morgan fingerprint density at radius 3 is 2.63 bits per heavy atom. The average molecular weight is 377 g/mol. The van der Waals surface area contributed by atoms with Gasteiger partial charge in [-0.1, -0.05) is 0 Å². The van der Waals surface area contributed by atoms with Gasteiger partial charge in [-0.05, 0) is 13.3 Å². The first kappa shape index (κ1) is 16.5. The fraction of sp³-hybridized carbons (Fsp3) is 0.471. The zero-order valence-electron chi connectivity index (χ0n) is 14.6. The van der Waals surface area contributed by atoms with Crippen molar-refractivity contribution in [3.8, 4) is 11.3 Å². The molecule has 0 spiro atoms. The van der Waals surface area contributed by atoms with E-state index < -0.39 is 12.2 Å². The summed E-state index contributed by atoms with van der Waals surface area (Å²) < 4.78 is 43.5. The molecule has 1 atom stereocenters. The van der Waals surface area contributed by atoms with Crippen molar-refractivity contribution >= 4 is 11.5 Å². The summed E-state index contributed by atoms with van der Waals surface area (Å²) in [5.74, 6) is 0.271. The highest BCUT2D eigenvalue weighted by atomic mass is 19.4. The Labute approximate surface area is 152 Å². The molecule has 2 saturated heterocycles. The Morgan fingerprint density at radius 2 is 2.00 bits per heavy atom. The molecule has 7 nitrogen and oxygen atoms in total. The van der Waals surface area contributed by atoms with Crippen LogP contribution >= 0.6 is 0 Å². The Balaban J connectivity index is 1.60. The van der Waals surface area contributed by atoms with E-state index in [0.29, 0.717) is 23.9 Å². The lowest BCUT2D eigenvalue weighted by atomic mass is 10.0. The molecule has 2 fully saturated rings. The van der Waals surface area contributed by atoms with Crippen molar-refractivity contribution in [3.05, 3.63) is 30.5 Å². The number of aryl methyl sites for hydroxylation is 1. The molecule has 0 radical (unpaired) electrons. The van der Waals surface area contributed by atoms with Crippen LogP contribution in [0.1, 0.15) is 18.2 Å². The molecule has 2 aliphatic rings. The van der Waals surface area contributed by atoms with Gasteiger partial charge in [0.2, 0.25) is 0 Å². The monoisotopic (exact) mass is 377 g/mol. The van der Waals surface area contributed by atoms with Crippen LogP contribution in [-0.4, -0.2) is 56.0 Å². The zero-order chi connectivity index (χ0) is 18.8. The van der Waals surface area contributed by atoms with Gasteiger partial charge >= 0.3 is 6.18 Å². The standard InChI is InChI=1S/C17H18F3N7/c1-10-4-22-15-16(25-3-2-14(25)17(18,19)20)24-13(9-26(10)15)11-5-23-27(8-11)12-6-21-7-12/h4-5,8-9,12,14,21H,2-3,6-7H2,1H3/t14-/m1/s1. The number of hydrogen-bond donors (Lipinski definition) is 1. The van der Waals surface area contributed by atoms with Crippen molar-refractivity contribution in [3.63, 3.8) is 0 Å². The van der Waals surface area contributed by atoms with E-state index >= 15 is 0 Å². The molecule has 3 aromatic heterocycles. The normalized spacial score (nSPS) is 20.7. The van der Waals surface area contributed by atoms with Gasteiger partial charge in [-0.3, -0.25) is 9.08 Å². The summed E-state index contributed by atoms with van der Waals surface area (Å²) in [5.41, 5.74) is 2.66. The first-order valence-electron chi connectivity index (χ1n) is 8.85. The van der Waals surface area contributed by atoms with Gasteiger partial charge in [0.05, 0.1) is 17.9 Å². The molecule has 5 heterocycles. The second-order valence-electron chi connectivity index (χ2n) is 7.10. The summed E-state index contributed by atoms with van der Waals surface area (Å²) >= 11 is 0. The van der Waals surface area contributed by atoms with E-state index in [0.717, 1.165) is 24.3 Å².